The number of esters is 1. The molecule has 0 radical (unpaired) electrons. The second kappa shape index (κ2) is 10.9. The molecule has 0 bridgehead atoms. The van der Waals surface area contributed by atoms with Gasteiger partial charge in [-0.05, 0) is 87.3 Å². The maximum Gasteiger partial charge on any atom is 0.308 e. The summed E-state index contributed by atoms with van der Waals surface area (Å²) in [5.74, 6) is 2.87. The predicted octanol–water partition coefficient (Wildman–Crippen LogP) is 4.03. The minimum atomic E-state index is -0.0705. The molecule has 0 N–H and O–H groups in total. The number of benzene rings is 1. The van der Waals surface area contributed by atoms with Gasteiger partial charge in [0.1, 0.15) is 0 Å². The Morgan fingerprint density at radius 1 is 1.16 bits per heavy atom. The van der Waals surface area contributed by atoms with Gasteiger partial charge in [-0.1, -0.05) is 13.8 Å². The number of ether oxygens (including phenoxy) is 3. The van der Waals surface area contributed by atoms with E-state index in [1.54, 1.807) is 14.2 Å². The minimum absolute atomic E-state index is 0.0533. The largest absolute Gasteiger partial charge is 0.493 e. The molecule has 0 spiro atoms. The monoisotopic (exact) mass is 446 g/mol. The second-order valence-electron chi connectivity index (χ2n) is 10.2. The Hall–Kier alpha value is -1.79. The summed E-state index contributed by atoms with van der Waals surface area (Å²) in [6, 6.07) is 4.61. The molecule has 32 heavy (non-hydrogen) atoms. The highest BCUT2D eigenvalue weighted by atomic mass is 16.5. The third kappa shape index (κ3) is 5.40. The molecular formula is C26H42N2O4. The topological polar surface area (TPSA) is 51.2 Å². The van der Waals surface area contributed by atoms with Crippen LogP contribution in [0.3, 0.4) is 0 Å². The molecule has 4 atom stereocenters. The maximum absolute atomic E-state index is 13.0. The standard InChI is InChI=1S/C26H42N2O4/c1-17(2)12-19-16-28-11-8-18-13-24(30-5)25(31-6)15-22(18)23(28)14-21(19)20(26(29)32-7)9-10-27(3)4/h13,15,17,19-21,23H,8-12,14,16H2,1-7H3/t19-,20?,21-,23-/m1/s1. The number of hydrogen-bond acceptors (Lipinski definition) is 6. The normalized spacial score (nSPS) is 24.1. The van der Waals surface area contributed by atoms with Crippen LogP contribution in [0.15, 0.2) is 12.1 Å². The van der Waals surface area contributed by atoms with E-state index in [4.69, 9.17) is 14.2 Å². The molecule has 0 aromatic heterocycles. The molecule has 6 nitrogen and oxygen atoms in total. The fraction of sp³-hybridized carbons (Fsp3) is 0.731. The molecule has 2 heterocycles. The van der Waals surface area contributed by atoms with E-state index in [9.17, 15) is 4.79 Å². The Morgan fingerprint density at radius 2 is 1.84 bits per heavy atom. The Labute approximate surface area is 194 Å². The first-order valence-corrected chi connectivity index (χ1v) is 12.0. The van der Waals surface area contributed by atoms with Gasteiger partial charge in [0.05, 0.1) is 27.2 Å². The van der Waals surface area contributed by atoms with Gasteiger partial charge in [-0.2, -0.15) is 0 Å². The van der Waals surface area contributed by atoms with Crippen LogP contribution >= 0.6 is 0 Å². The van der Waals surface area contributed by atoms with Gasteiger partial charge in [0, 0.05) is 19.1 Å². The number of carbonyl (C=O) groups is 1. The fourth-order valence-electron chi connectivity index (χ4n) is 5.86. The van der Waals surface area contributed by atoms with Gasteiger partial charge in [0.2, 0.25) is 0 Å². The Bertz CT molecular complexity index is 779. The lowest BCUT2D eigenvalue weighted by Gasteiger charge is -2.49. The molecular weight excluding hydrogens is 404 g/mol. The average Bonchev–Trinajstić information content (AvgIpc) is 2.77. The lowest BCUT2D eigenvalue weighted by molar-refractivity contribution is -0.150. The van der Waals surface area contributed by atoms with Crippen LogP contribution in [0.2, 0.25) is 0 Å². The number of rotatable bonds is 9. The lowest BCUT2D eigenvalue weighted by atomic mass is 9.68. The first-order chi connectivity index (χ1) is 15.3. The van der Waals surface area contributed by atoms with Crippen LogP contribution in [0, 0.1) is 23.7 Å². The molecule has 1 unspecified atom stereocenters. The van der Waals surface area contributed by atoms with Gasteiger partial charge in [0.15, 0.2) is 11.5 Å². The summed E-state index contributed by atoms with van der Waals surface area (Å²) in [6.07, 6.45) is 3.98. The first kappa shape index (κ1) is 24.8. The fourth-order valence-corrected chi connectivity index (χ4v) is 5.86. The van der Waals surface area contributed by atoms with Crippen molar-refractivity contribution in [3.63, 3.8) is 0 Å². The quantitative estimate of drug-likeness (QED) is 0.534. The highest BCUT2D eigenvalue weighted by Crippen LogP contribution is 2.48. The van der Waals surface area contributed by atoms with Crippen molar-refractivity contribution in [3.8, 4) is 11.5 Å². The molecule has 1 aromatic rings. The molecule has 2 aliphatic heterocycles. The number of hydrogen-bond donors (Lipinski definition) is 0. The van der Waals surface area contributed by atoms with E-state index in [-0.39, 0.29) is 11.9 Å². The van der Waals surface area contributed by atoms with E-state index in [0.717, 1.165) is 56.8 Å². The summed E-state index contributed by atoms with van der Waals surface area (Å²) in [6.45, 7) is 7.56. The molecule has 3 rings (SSSR count). The van der Waals surface area contributed by atoms with Gasteiger partial charge >= 0.3 is 5.97 Å². The minimum Gasteiger partial charge on any atom is -0.493 e. The SMILES string of the molecule is COC(=O)C(CCN(C)C)[C@@H]1C[C@@H]2c3cc(OC)c(OC)cc3CCN2C[C@H]1CC(C)C. The number of carbonyl (C=O) groups excluding carboxylic acids is 1. The molecule has 0 saturated carbocycles. The van der Waals surface area contributed by atoms with Crippen LogP contribution in [0.4, 0.5) is 0 Å². The van der Waals surface area contributed by atoms with Crippen LogP contribution in [-0.2, 0) is 16.0 Å². The van der Waals surface area contributed by atoms with Crippen molar-refractivity contribution in [2.75, 3.05) is 55.1 Å². The van der Waals surface area contributed by atoms with Crippen molar-refractivity contribution in [3.05, 3.63) is 23.3 Å². The molecule has 2 aliphatic rings. The van der Waals surface area contributed by atoms with Crippen LogP contribution in [-0.4, -0.2) is 70.8 Å². The zero-order valence-corrected chi connectivity index (χ0v) is 21.0. The number of methoxy groups -OCH3 is 3. The van der Waals surface area contributed by atoms with E-state index >= 15 is 0 Å². The number of nitrogens with zero attached hydrogens (tertiary/aromatic N) is 2. The van der Waals surface area contributed by atoms with Crippen LogP contribution < -0.4 is 9.47 Å². The van der Waals surface area contributed by atoms with Crippen LogP contribution in [0.5, 0.6) is 11.5 Å². The average molecular weight is 447 g/mol. The predicted molar refractivity (Wildman–Crippen MR) is 127 cm³/mol. The third-order valence-corrected chi connectivity index (χ3v) is 7.37. The van der Waals surface area contributed by atoms with Crippen molar-refractivity contribution in [2.45, 2.75) is 45.6 Å². The smallest absolute Gasteiger partial charge is 0.308 e. The molecule has 0 aliphatic carbocycles. The molecule has 1 aromatic carbocycles. The van der Waals surface area contributed by atoms with Crippen LogP contribution in [0.25, 0.3) is 0 Å². The van der Waals surface area contributed by atoms with Crippen molar-refractivity contribution < 1.29 is 19.0 Å². The third-order valence-electron chi connectivity index (χ3n) is 7.37. The summed E-state index contributed by atoms with van der Waals surface area (Å²) >= 11 is 0. The molecule has 1 fully saturated rings. The molecule has 180 valence electrons. The van der Waals surface area contributed by atoms with Crippen molar-refractivity contribution >= 4 is 5.97 Å². The Balaban J connectivity index is 1.96. The van der Waals surface area contributed by atoms with Gasteiger partial charge in [-0.15, -0.1) is 0 Å². The number of fused-ring (bicyclic) bond motifs is 3. The van der Waals surface area contributed by atoms with Gasteiger partial charge in [0.25, 0.3) is 0 Å². The zero-order valence-electron chi connectivity index (χ0n) is 21.0. The highest BCUT2D eigenvalue weighted by Gasteiger charge is 2.44. The maximum atomic E-state index is 13.0. The molecule has 6 heteroatoms. The van der Waals surface area contributed by atoms with E-state index in [2.05, 4.69) is 49.9 Å². The van der Waals surface area contributed by atoms with E-state index in [0.29, 0.717) is 23.8 Å². The first-order valence-electron chi connectivity index (χ1n) is 12.0. The second-order valence-corrected chi connectivity index (χ2v) is 10.2. The summed E-state index contributed by atoms with van der Waals surface area (Å²) in [5.41, 5.74) is 2.67. The van der Waals surface area contributed by atoms with Crippen molar-refractivity contribution in [1.82, 2.24) is 9.80 Å². The molecule has 1 saturated heterocycles. The van der Waals surface area contributed by atoms with Crippen molar-refractivity contribution in [2.24, 2.45) is 23.7 Å². The van der Waals surface area contributed by atoms with E-state index in [1.807, 2.05) is 0 Å². The van der Waals surface area contributed by atoms with Crippen LogP contribution in [0.1, 0.15) is 50.3 Å². The zero-order chi connectivity index (χ0) is 23.4. The van der Waals surface area contributed by atoms with Gasteiger partial charge in [-0.25, -0.2) is 0 Å². The summed E-state index contributed by atoms with van der Waals surface area (Å²) in [7, 11) is 9.06. The molecule has 0 amide bonds. The number of piperidine rings is 1. The van der Waals surface area contributed by atoms with Gasteiger partial charge < -0.3 is 19.1 Å². The Kier molecular flexibility index (Phi) is 8.45. The Morgan fingerprint density at radius 3 is 2.44 bits per heavy atom. The van der Waals surface area contributed by atoms with E-state index < -0.39 is 0 Å². The lowest BCUT2D eigenvalue weighted by Crippen LogP contribution is -2.49. The van der Waals surface area contributed by atoms with Crippen molar-refractivity contribution in [1.29, 1.82) is 0 Å². The summed E-state index contributed by atoms with van der Waals surface area (Å²) < 4.78 is 16.5. The van der Waals surface area contributed by atoms with E-state index in [1.165, 1.54) is 18.2 Å². The highest BCUT2D eigenvalue weighted by molar-refractivity contribution is 5.72. The summed E-state index contributed by atoms with van der Waals surface area (Å²) in [4.78, 5) is 17.8. The summed E-state index contributed by atoms with van der Waals surface area (Å²) in [5, 5.41) is 0. The van der Waals surface area contributed by atoms with Gasteiger partial charge in [-0.3, -0.25) is 9.69 Å².